The number of nitrogens with one attached hydrogen (secondary N) is 1. The highest BCUT2D eigenvalue weighted by molar-refractivity contribution is 9.10. The zero-order valence-corrected chi connectivity index (χ0v) is 12.8. The van der Waals surface area contributed by atoms with Crippen molar-refractivity contribution in [3.05, 3.63) is 58.8 Å². The number of aromatic nitrogens is 1. The van der Waals surface area contributed by atoms with Crippen LogP contribution in [0.5, 0.6) is 0 Å². The Labute approximate surface area is 130 Å². The lowest BCUT2D eigenvalue weighted by molar-refractivity contribution is -0.123. The molecule has 2 aromatic rings. The molecule has 1 unspecified atom stereocenters. The first kappa shape index (κ1) is 15.2. The Morgan fingerprint density at radius 2 is 1.90 bits per heavy atom. The van der Waals surface area contributed by atoms with Crippen LogP contribution in [0.2, 0.25) is 0 Å². The van der Waals surface area contributed by atoms with Crippen LogP contribution in [0.4, 0.5) is 5.69 Å². The van der Waals surface area contributed by atoms with E-state index in [1.807, 2.05) is 0 Å². The van der Waals surface area contributed by atoms with Crippen molar-refractivity contribution in [3.63, 3.8) is 0 Å². The van der Waals surface area contributed by atoms with E-state index in [-0.39, 0.29) is 5.69 Å². The molecule has 2 rings (SSSR count). The summed E-state index contributed by atoms with van der Waals surface area (Å²) in [6.07, 6.45) is 0.575. The molecule has 0 spiro atoms. The number of amides is 1. The summed E-state index contributed by atoms with van der Waals surface area (Å²) in [5.41, 5.74) is 0.796. The maximum Gasteiger partial charge on any atom is 0.357 e. The molecule has 108 valence electrons. The highest BCUT2D eigenvalue weighted by Crippen LogP contribution is 2.14. The summed E-state index contributed by atoms with van der Waals surface area (Å²) < 4.78 is 5.98. The molecule has 1 aromatic carbocycles. The maximum atomic E-state index is 11.9. The number of carbonyl (C=O) groups excluding carboxylic acids is 2. The minimum atomic E-state index is -0.914. The fourth-order valence-corrected chi connectivity index (χ4v) is 1.80. The van der Waals surface area contributed by atoms with Crippen LogP contribution in [0, 0.1) is 0 Å². The zero-order chi connectivity index (χ0) is 15.2. The number of esters is 1. The molecule has 5 nitrogen and oxygen atoms in total. The number of hydrogen-bond donors (Lipinski definition) is 1. The molecule has 0 fully saturated rings. The van der Waals surface area contributed by atoms with E-state index in [2.05, 4.69) is 26.2 Å². The van der Waals surface area contributed by atoms with Crippen LogP contribution < -0.4 is 5.32 Å². The van der Waals surface area contributed by atoms with Gasteiger partial charge < -0.3 is 10.1 Å². The van der Waals surface area contributed by atoms with E-state index in [1.54, 1.807) is 36.4 Å². The highest BCUT2D eigenvalue weighted by atomic mass is 79.9. The molecule has 1 N–H and O–H groups in total. The van der Waals surface area contributed by atoms with Crippen LogP contribution in [0.3, 0.4) is 0 Å². The second-order valence-electron chi connectivity index (χ2n) is 4.26. The normalized spacial score (nSPS) is 11.5. The number of benzene rings is 1. The molecule has 1 atom stereocenters. The molecule has 1 heterocycles. The molecular formula is C15H13BrN2O3. The molecule has 6 heteroatoms. The Morgan fingerprint density at radius 1 is 1.19 bits per heavy atom. The predicted octanol–water partition coefficient (Wildman–Crippen LogP) is 3.03. The minimum Gasteiger partial charge on any atom is -0.448 e. The first-order chi connectivity index (χ1) is 10.1. The van der Waals surface area contributed by atoms with Crippen molar-refractivity contribution in [2.45, 2.75) is 13.0 Å². The van der Waals surface area contributed by atoms with Crippen LogP contribution in [-0.4, -0.2) is 23.0 Å². The fourth-order valence-electron chi connectivity index (χ4n) is 1.54. The first-order valence-electron chi connectivity index (χ1n) is 6.24. The largest absolute Gasteiger partial charge is 0.448 e. The Kier molecular flexibility index (Phi) is 5.05. The summed E-state index contributed by atoms with van der Waals surface area (Å²) >= 11 is 3.31. The van der Waals surface area contributed by atoms with E-state index in [1.165, 1.54) is 19.2 Å². The van der Waals surface area contributed by atoms with Gasteiger partial charge in [0.2, 0.25) is 0 Å². The van der Waals surface area contributed by atoms with Crippen molar-refractivity contribution < 1.29 is 14.3 Å². The topological polar surface area (TPSA) is 68.3 Å². The number of ether oxygens (including phenoxy) is 1. The number of halogens is 1. The Bertz CT molecular complexity index is 629. The lowest BCUT2D eigenvalue weighted by atomic mass is 10.3. The average molecular weight is 349 g/mol. The molecule has 0 saturated carbocycles. The van der Waals surface area contributed by atoms with Gasteiger partial charge in [0.15, 0.2) is 6.10 Å². The van der Waals surface area contributed by atoms with Crippen LogP contribution in [0.1, 0.15) is 17.4 Å². The maximum absolute atomic E-state index is 11.9. The predicted molar refractivity (Wildman–Crippen MR) is 81.9 cm³/mol. The second-order valence-corrected chi connectivity index (χ2v) is 5.17. The first-order valence-corrected chi connectivity index (χ1v) is 7.04. The van der Waals surface area contributed by atoms with Crippen LogP contribution in [0.15, 0.2) is 53.1 Å². The van der Waals surface area contributed by atoms with Gasteiger partial charge in [-0.1, -0.05) is 22.0 Å². The van der Waals surface area contributed by atoms with E-state index in [4.69, 9.17) is 4.74 Å². The van der Waals surface area contributed by atoms with Crippen molar-refractivity contribution in [3.8, 4) is 0 Å². The second kappa shape index (κ2) is 6.99. The molecule has 0 aliphatic heterocycles. The third kappa shape index (κ3) is 4.39. The molecule has 0 aliphatic rings. The van der Waals surface area contributed by atoms with E-state index >= 15 is 0 Å². The van der Waals surface area contributed by atoms with Gasteiger partial charge in [0.25, 0.3) is 5.91 Å². The van der Waals surface area contributed by atoms with Gasteiger partial charge in [-0.05, 0) is 43.3 Å². The van der Waals surface area contributed by atoms with Crippen LogP contribution in [-0.2, 0) is 9.53 Å². The highest BCUT2D eigenvalue weighted by Gasteiger charge is 2.19. The summed E-state index contributed by atoms with van der Waals surface area (Å²) in [6, 6.07) is 12.0. The van der Waals surface area contributed by atoms with Crippen LogP contribution in [0.25, 0.3) is 0 Å². The van der Waals surface area contributed by atoms with Crippen molar-refractivity contribution >= 4 is 33.5 Å². The molecule has 21 heavy (non-hydrogen) atoms. The van der Waals surface area contributed by atoms with Crippen molar-refractivity contribution in [2.75, 3.05) is 5.32 Å². The van der Waals surface area contributed by atoms with Gasteiger partial charge in [0.05, 0.1) is 0 Å². The van der Waals surface area contributed by atoms with Gasteiger partial charge in [0, 0.05) is 16.4 Å². The third-order valence-electron chi connectivity index (χ3n) is 2.64. The molecule has 0 radical (unpaired) electrons. The van der Waals surface area contributed by atoms with Crippen molar-refractivity contribution in [2.24, 2.45) is 0 Å². The quantitative estimate of drug-likeness (QED) is 0.862. The number of rotatable bonds is 4. The summed E-state index contributed by atoms with van der Waals surface area (Å²) in [5.74, 6) is -1.03. The number of nitrogens with zero attached hydrogens (tertiary/aromatic N) is 1. The zero-order valence-electron chi connectivity index (χ0n) is 11.2. The molecular weight excluding hydrogens is 336 g/mol. The minimum absolute atomic E-state index is 0.167. The Morgan fingerprint density at radius 3 is 2.52 bits per heavy atom. The van der Waals surface area contributed by atoms with Crippen molar-refractivity contribution in [1.29, 1.82) is 0 Å². The van der Waals surface area contributed by atoms with E-state index in [0.717, 1.165) is 4.47 Å². The number of carbonyl (C=O) groups is 2. The summed E-state index contributed by atoms with van der Waals surface area (Å²) in [5, 5.41) is 2.67. The van der Waals surface area contributed by atoms with Gasteiger partial charge in [0.1, 0.15) is 5.69 Å². The lowest BCUT2D eigenvalue weighted by Crippen LogP contribution is -2.30. The van der Waals surface area contributed by atoms with Gasteiger partial charge in [-0.15, -0.1) is 0 Å². The molecule has 0 aliphatic carbocycles. The monoisotopic (exact) mass is 348 g/mol. The third-order valence-corrected chi connectivity index (χ3v) is 3.17. The summed E-state index contributed by atoms with van der Waals surface area (Å²) in [4.78, 5) is 27.6. The average Bonchev–Trinajstić information content (AvgIpc) is 2.50. The molecule has 1 aromatic heterocycles. The SMILES string of the molecule is CC(OC(=O)c1ccccn1)C(=O)Nc1ccc(Br)cc1. The van der Waals surface area contributed by atoms with Crippen molar-refractivity contribution in [1.82, 2.24) is 4.98 Å². The summed E-state index contributed by atoms with van der Waals surface area (Å²) in [7, 11) is 0. The number of hydrogen-bond acceptors (Lipinski definition) is 4. The Balaban J connectivity index is 1.93. The Hall–Kier alpha value is -2.21. The van der Waals surface area contributed by atoms with Crippen LogP contribution >= 0.6 is 15.9 Å². The molecule has 1 amide bonds. The van der Waals surface area contributed by atoms with Gasteiger partial charge in [-0.2, -0.15) is 0 Å². The van der Waals surface area contributed by atoms with Gasteiger partial charge >= 0.3 is 5.97 Å². The van der Waals surface area contributed by atoms with Gasteiger partial charge in [-0.25, -0.2) is 9.78 Å². The number of pyridine rings is 1. The number of anilines is 1. The standard InChI is InChI=1S/C15H13BrN2O3/c1-10(21-15(20)13-4-2-3-9-17-13)14(19)18-12-7-5-11(16)6-8-12/h2-10H,1H3,(H,18,19). The smallest absolute Gasteiger partial charge is 0.357 e. The van der Waals surface area contributed by atoms with Gasteiger partial charge in [-0.3, -0.25) is 4.79 Å². The molecule has 0 saturated heterocycles. The van der Waals surface area contributed by atoms with E-state index < -0.39 is 18.0 Å². The summed E-state index contributed by atoms with van der Waals surface area (Å²) in [6.45, 7) is 1.51. The van der Waals surface area contributed by atoms with E-state index in [0.29, 0.717) is 5.69 Å². The van der Waals surface area contributed by atoms with E-state index in [9.17, 15) is 9.59 Å². The lowest BCUT2D eigenvalue weighted by Gasteiger charge is -2.13. The molecule has 0 bridgehead atoms. The fraction of sp³-hybridized carbons (Fsp3) is 0.133.